The number of urea groups is 1. The van der Waals surface area contributed by atoms with Crippen LogP contribution in [0.2, 0.25) is 15.1 Å². The molecule has 2 aromatic carbocycles. The van der Waals surface area contributed by atoms with Gasteiger partial charge in [-0.2, -0.15) is 0 Å². The first kappa shape index (κ1) is 20.5. The van der Waals surface area contributed by atoms with Crippen LogP contribution in [0.3, 0.4) is 0 Å². The number of benzene rings is 2. The molecule has 0 spiro atoms. The number of hydrogen-bond acceptors (Lipinski definition) is 3. The largest absolute Gasteiger partial charge is 0.332 e. The maximum atomic E-state index is 12.8. The molecule has 1 N–H and O–H groups in total. The number of amides is 4. The molecule has 0 saturated carbocycles. The van der Waals surface area contributed by atoms with Crippen molar-refractivity contribution < 1.29 is 14.4 Å². The van der Waals surface area contributed by atoms with Gasteiger partial charge in [0.2, 0.25) is 5.91 Å². The van der Waals surface area contributed by atoms with Crippen LogP contribution in [0.15, 0.2) is 36.4 Å². The predicted molar refractivity (Wildman–Crippen MR) is 110 cm³/mol. The number of halogens is 3. The highest BCUT2D eigenvalue weighted by atomic mass is 35.5. The Morgan fingerprint density at radius 1 is 1.07 bits per heavy atom. The zero-order chi connectivity index (χ0) is 20.6. The van der Waals surface area contributed by atoms with Crippen LogP contribution < -0.4 is 10.2 Å². The number of carbonyl (C=O) groups is 3. The summed E-state index contributed by atoms with van der Waals surface area (Å²) in [6, 6.07) is 8.52. The Kier molecular flexibility index (Phi) is 5.84. The summed E-state index contributed by atoms with van der Waals surface area (Å²) in [7, 11) is 0. The summed E-state index contributed by atoms with van der Waals surface area (Å²) in [5.74, 6) is -1.06. The van der Waals surface area contributed by atoms with Crippen LogP contribution in [-0.2, 0) is 9.59 Å². The fourth-order valence-electron chi connectivity index (χ4n) is 2.90. The first-order chi connectivity index (χ1) is 13.2. The van der Waals surface area contributed by atoms with E-state index in [9.17, 15) is 14.4 Å². The van der Waals surface area contributed by atoms with Crippen molar-refractivity contribution >= 4 is 64.0 Å². The van der Waals surface area contributed by atoms with Gasteiger partial charge < -0.3 is 5.32 Å². The van der Waals surface area contributed by atoms with Gasteiger partial charge in [-0.15, -0.1) is 0 Å². The number of carbonyl (C=O) groups excluding carboxylic acids is 3. The van der Waals surface area contributed by atoms with Crippen LogP contribution in [0.25, 0.3) is 0 Å². The number of aryl methyl sites for hydroxylation is 1. The second kappa shape index (κ2) is 7.99. The quantitative estimate of drug-likeness (QED) is 0.697. The van der Waals surface area contributed by atoms with Crippen LogP contribution in [0.4, 0.5) is 16.2 Å². The molecule has 3 rings (SSSR count). The zero-order valence-corrected chi connectivity index (χ0v) is 17.3. The van der Waals surface area contributed by atoms with E-state index >= 15 is 0 Å². The Balaban J connectivity index is 1.78. The summed E-state index contributed by atoms with van der Waals surface area (Å²) in [6.45, 7) is 2.92. The third kappa shape index (κ3) is 3.81. The normalized spacial score (nSPS) is 16.7. The molecule has 1 aliphatic heterocycles. The third-order valence-electron chi connectivity index (χ3n) is 4.40. The summed E-state index contributed by atoms with van der Waals surface area (Å²) in [4.78, 5) is 40.0. The van der Waals surface area contributed by atoms with Crippen LogP contribution in [0, 0.1) is 6.92 Å². The van der Waals surface area contributed by atoms with Crippen molar-refractivity contribution in [3.63, 3.8) is 0 Å². The number of hydrogen-bond donors (Lipinski definition) is 1. The Bertz CT molecular complexity index is 963. The summed E-state index contributed by atoms with van der Waals surface area (Å²) in [5, 5.41) is 3.66. The SMILES string of the molecule is Cc1ccc(Cl)c(NC(=O)CN2C(=O)[C@@H](C)N(c3ccc(Cl)cc3)C2=O)c1Cl. The molecule has 0 bridgehead atoms. The lowest BCUT2D eigenvalue weighted by molar-refractivity contribution is -0.130. The van der Waals surface area contributed by atoms with Crippen molar-refractivity contribution in [1.82, 2.24) is 4.90 Å². The fraction of sp³-hybridized carbons (Fsp3) is 0.211. The minimum atomic E-state index is -0.743. The van der Waals surface area contributed by atoms with Crippen molar-refractivity contribution in [2.45, 2.75) is 19.9 Å². The Labute approximate surface area is 177 Å². The van der Waals surface area contributed by atoms with Gasteiger partial charge in [-0.3, -0.25) is 19.4 Å². The molecule has 1 saturated heterocycles. The van der Waals surface area contributed by atoms with Gasteiger partial charge in [-0.05, 0) is 49.7 Å². The molecule has 2 aromatic rings. The summed E-state index contributed by atoms with van der Waals surface area (Å²) in [5.41, 5.74) is 1.50. The lowest BCUT2D eigenvalue weighted by atomic mass is 10.2. The minimum absolute atomic E-state index is 0.245. The van der Waals surface area contributed by atoms with E-state index in [0.717, 1.165) is 10.5 Å². The maximum absolute atomic E-state index is 12.8. The molecule has 4 amide bonds. The predicted octanol–water partition coefficient (Wildman–Crippen LogP) is 4.75. The lowest BCUT2D eigenvalue weighted by Crippen LogP contribution is -2.39. The number of imide groups is 1. The first-order valence-electron chi connectivity index (χ1n) is 8.35. The summed E-state index contributed by atoms with van der Waals surface area (Å²) in [6.07, 6.45) is 0. The lowest BCUT2D eigenvalue weighted by Gasteiger charge is -2.19. The van der Waals surface area contributed by atoms with Gasteiger partial charge in [0, 0.05) is 10.7 Å². The van der Waals surface area contributed by atoms with Crippen molar-refractivity contribution in [3.05, 3.63) is 57.0 Å². The van der Waals surface area contributed by atoms with Crippen LogP contribution in [0.1, 0.15) is 12.5 Å². The number of anilines is 2. The zero-order valence-electron chi connectivity index (χ0n) is 15.0. The van der Waals surface area contributed by atoms with Crippen molar-refractivity contribution in [2.75, 3.05) is 16.8 Å². The maximum Gasteiger partial charge on any atom is 0.332 e. The van der Waals surface area contributed by atoms with Gasteiger partial charge >= 0.3 is 6.03 Å². The molecule has 1 atom stereocenters. The average molecular weight is 441 g/mol. The molecule has 1 fully saturated rings. The van der Waals surface area contributed by atoms with Gasteiger partial charge in [-0.1, -0.05) is 40.9 Å². The van der Waals surface area contributed by atoms with E-state index in [1.807, 2.05) is 0 Å². The number of nitrogens with zero attached hydrogens (tertiary/aromatic N) is 2. The van der Waals surface area contributed by atoms with Crippen LogP contribution in [-0.4, -0.2) is 35.3 Å². The molecule has 1 aliphatic rings. The number of nitrogens with one attached hydrogen (secondary N) is 1. The molecule has 1 heterocycles. The van der Waals surface area contributed by atoms with Gasteiger partial charge in [0.25, 0.3) is 5.91 Å². The molecule has 6 nitrogen and oxygen atoms in total. The smallest absolute Gasteiger partial charge is 0.322 e. The van der Waals surface area contributed by atoms with E-state index in [1.54, 1.807) is 50.2 Å². The monoisotopic (exact) mass is 439 g/mol. The third-order valence-corrected chi connectivity index (χ3v) is 5.46. The molecular weight excluding hydrogens is 425 g/mol. The second-order valence-corrected chi connectivity index (χ2v) is 7.55. The van der Waals surface area contributed by atoms with Crippen molar-refractivity contribution in [3.8, 4) is 0 Å². The average Bonchev–Trinajstić information content (AvgIpc) is 2.86. The van der Waals surface area contributed by atoms with E-state index in [0.29, 0.717) is 15.7 Å². The summed E-state index contributed by atoms with van der Waals surface area (Å²) < 4.78 is 0. The van der Waals surface area contributed by atoms with Crippen LogP contribution in [0.5, 0.6) is 0 Å². The van der Waals surface area contributed by atoms with Crippen LogP contribution >= 0.6 is 34.8 Å². The van der Waals surface area contributed by atoms with E-state index < -0.39 is 30.4 Å². The fourth-order valence-corrected chi connectivity index (χ4v) is 3.49. The van der Waals surface area contributed by atoms with Gasteiger partial charge in [0.05, 0.1) is 15.7 Å². The molecular formula is C19H16Cl3N3O3. The highest BCUT2D eigenvalue weighted by molar-refractivity contribution is 6.40. The van der Waals surface area contributed by atoms with E-state index in [-0.39, 0.29) is 10.7 Å². The molecule has 0 aliphatic carbocycles. The molecule has 0 radical (unpaired) electrons. The van der Waals surface area contributed by atoms with Gasteiger partial charge in [0.15, 0.2) is 0 Å². The Morgan fingerprint density at radius 2 is 1.71 bits per heavy atom. The Morgan fingerprint density at radius 3 is 2.36 bits per heavy atom. The van der Waals surface area contributed by atoms with Crippen molar-refractivity contribution in [1.29, 1.82) is 0 Å². The summed E-state index contributed by atoms with van der Waals surface area (Å²) >= 11 is 18.2. The molecule has 146 valence electrons. The standard InChI is InChI=1S/C19H16Cl3N3O3/c1-10-3-8-14(21)17(16(10)22)23-15(26)9-24-18(27)11(2)25(19(24)28)13-6-4-12(20)5-7-13/h3-8,11H,9H2,1-2H3,(H,23,26)/t11-/m1/s1. The van der Waals surface area contributed by atoms with Gasteiger partial charge in [0.1, 0.15) is 12.6 Å². The van der Waals surface area contributed by atoms with E-state index in [2.05, 4.69) is 5.32 Å². The van der Waals surface area contributed by atoms with Gasteiger partial charge in [-0.25, -0.2) is 4.79 Å². The van der Waals surface area contributed by atoms with E-state index in [4.69, 9.17) is 34.8 Å². The first-order valence-corrected chi connectivity index (χ1v) is 9.48. The highest BCUT2D eigenvalue weighted by Gasteiger charge is 2.44. The minimum Gasteiger partial charge on any atom is -0.322 e. The number of rotatable bonds is 4. The molecule has 0 aromatic heterocycles. The Hall–Kier alpha value is -2.28. The highest BCUT2D eigenvalue weighted by Crippen LogP contribution is 2.33. The molecule has 28 heavy (non-hydrogen) atoms. The molecule has 0 unspecified atom stereocenters. The second-order valence-electron chi connectivity index (χ2n) is 6.33. The van der Waals surface area contributed by atoms with E-state index in [1.165, 1.54) is 4.90 Å². The van der Waals surface area contributed by atoms with Crippen molar-refractivity contribution in [2.24, 2.45) is 0 Å². The topological polar surface area (TPSA) is 69.7 Å². The molecule has 9 heteroatoms.